The number of hydrogen-bond donors (Lipinski definition) is 4. The Kier molecular flexibility index (Phi) is 6.12. The molecule has 30 heavy (non-hydrogen) atoms. The van der Waals surface area contributed by atoms with Gasteiger partial charge in [-0.2, -0.15) is 0 Å². The van der Waals surface area contributed by atoms with Gasteiger partial charge in [0.1, 0.15) is 42.2 Å². The van der Waals surface area contributed by atoms with Gasteiger partial charge in [-0.15, -0.1) is 0 Å². The van der Waals surface area contributed by atoms with Crippen LogP contribution < -0.4 is 0 Å². The van der Waals surface area contributed by atoms with E-state index in [1.807, 2.05) is 0 Å². The van der Waals surface area contributed by atoms with Crippen molar-refractivity contribution in [3.8, 4) is 0 Å². The van der Waals surface area contributed by atoms with Gasteiger partial charge in [0.05, 0.1) is 6.61 Å². The second kappa shape index (κ2) is 8.49. The summed E-state index contributed by atoms with van der Waals surface area (Å²) in [7, 11) is 0. The fraction of sp³-hybridized carbons (Fsp3) is 0.455. The van der Waals surface area contributed by atoms with E-state index in [1.54, 1.807) is 12.1 Å². The lowest BCUT2D eigenvalue weighted by Gasteiger charge is -2.40. The maximum atomic E-state index is 14.6. The fourth-order valence-corrected chi connectivity index (χ4v) is 4.10. The summed E-state index contributed by atoms with van der Waals surface area (Å²) in [5, 5.41) is 39.9. The Balaban J connectivity index is 1.63. The van der Waals surface area contributed by atoms with Crippen molar-refractivity contribution in [3.63, 3.8) is 0 Å². The van der Waals surface area contributed by atoms with Crippen LogP contribution in [0.5, 0.6) is 0 Å². The topological polar surface area (TPSA) is 90.2 Å². The predicted octanol–water partition coefficient (Wildman–Crippen LogP) is 2.60. The number of aliphatic hydroxyl groups excluding tert-OH is 4. The average molecular weight is 441 g/mol. The van der Waals surface area contributed by atoms with Gasteiger partial charge in [0.25, 0.3) is 0 Å². The van der Waals surface area contributed by atoms with Gasteiger partial charge in [-0.3, -0.25) is 0 Å². The highest BCUT2D eigenvalue weighted by atomic mass is 35.5. The standard InChI is InChI=1S/C22H23ClF2O5/c23-15-4-3-11(22-21(29)20(28)19(27)18(9-26)30-22)5-13(15)6-14-16(24)7-12(8-17(14)25)10-1-2-10/h3-5,7-8,10,18-22,26-29H,1-2,6,9H2/t18?,19-,20?,21-,22+/m1/s1. The molecule has 1 heterocycles. The van der Waals surface area contributed by atoms with Crippen molar-refractivity contribution in [2.24, 2.45) is 0 Å². The molecular formula is C22H23ClF2O5. The van der Waals surface area contributed by atoms with Crippen molar-refractivity contribution in [3.05, 3.63) is 69.2 Å². The molecule has 4 rings (SSSR count). The minimum absolute atomic E-state index is 0.104. The molecule has 162 valence electrons. The Hall–Kier alpha value is -1.61. The van der Waals surface area contributed by atoms with Crippen molar-refractivity contribution < 1.29 is 33.9 Å². The van der Waals surface area contributed by atoms with Crippen LogP contribution in [0.2, 0.25) is 5.02 Å². The van der Waals surface area contributed by atoms with Gasteiger partial charge < -0.3 is 25.2 Å². The van der Waals surface area contributed by atoms with Crippen LogP contribution in [0.4, 0.5) is 8.78 Å². The van der Waals surface area contributed by atoms with Crippen LogP contribution in [-0.2, 0) is 11.2 Å². The van der Waals surface area contributed by atoms with E-state index < -0.39 is 48.8 Å². The molecule has 2 aromatic carbocycles. The van der Waals surface area contributed by atoms with E-state index >= 15 is 0 Å². The molecule has 2 unspecified atom stereocenters. The molecule has 2 aliphatic rings. The van der Waals surface area contributed by atoms with E-state index in [0.29, 0.717) is 16.7 Å². The monoisotopic (exact) mass is 440 g/mol. The second-order valence-electron chi connectivity index (χ2n) is 8.01. The van der Waals surface area contributed by atoms with Crippen molar-refractivity contribution in [2.45, 2.75) is 55.7 Å². The third-order valence-electron chi connectivity index (χ3n) is 5.87. The lowest BCUT2D eigenvalue weighted by atomic mass is 9.90. The number of hydrogen-bond acceptors (Lipinski definition) is 5. The van der Waals surface area contributed by atoms with Gasteiger partial charge in [0, 0.05) is 17.0 Å². The smallest absolute Gasteiger partial charge is 0.129 e. The molecule has 0 spiro atoms. The maximum absolute atomic E-state index is 14.6. The lowest BCUT2D eigenvalue weighted by Crippen LogP contribution is -2.55. The number of aliphatic hydroxyl groups is 4. The van der Waals surface area contributed by atoms with Crippen LogP contribution in [0.15, 0.2) is 30.3 Å². The van der Waals surface area contributed by atoms with Crippen molar-refractivity contribution in [1.29, 1.82) is 0 Å². The molecule has 1 saturated carbocycles. The van der Waals surface area contributed by atoms with Crippen LogP contribution >= 0.6 is 11.6 Å². The zero-order valence-electron chi connectivity index (χ0n) is 16.0. The first-order valence-electron chi connectivity index (χ1n) is 9.86. The van der Waals surface area contributed by atoms with Crippen LogP contribution in [0.1, 0.15) is 47.1 Å². The molecule has 5 atom stereocenters. The van der Waals surface area contributed by atoms with Gasteiger partial charge in [0.15, 0.2) is 0 Å². The van der Waals surface area contributed by atoms with E-state index in [-0.39, 0.29) is 22.9 Å². The van der Waals surface area contributed by atoms with E-state index in [4.69, 9.17) is 16.3 Å². The fourth-order valence-electron chi connectivity index (χ4n) is 3.92. The molecule has 0 aromatic heterocycles. The zero-order valence-corrected chi connectivity index (χ0v) is 16.8. The van der Waals surface area contributed by atoms with Crippen molar-refractivity contribution in [1.82, 2.24) is 0 Å². The van der Waals surface area contributed by atoms with E-state index in [0.717, 1.165) is 12.8 Å². The second-order valence-corrected chi connectivity index (χ2v) is 8.42. The quantitative estimate of drug-likeness (QED) is 0.574. The first kappa shape index (κ1) is 21.6. The summed E-state index contributed by atoms with van der Waals surface area (Å²) in [5.74, 6) is -1.04. The van der Waals surface area contributed by atoms with Gasteiger partial charge in [-0.1, -0.05) is 23.7 Å². The highest BCUT2D eigenvalue weighted by Crippen LogP contribution is 2.41. The van der Waals surface area contributed by atoms with Gasteiger partial charge in [-0.05, 0) is 53.6 Å². The van der Waals surface area contributed by atoms with Crippen molar-refractivity contribution >= 4 is 11.6 Å². The summed E-state index contributed by atoms with van der Waals surface area (Å²) in [6, 6.07) is 7.35. The molecule has 4 N–H and O–H groups in total. The first-order valence-corrected chi connectivity index (χ1v) is 10.2. The molecule has 0 amide bonds. The summed E-state index contributed by atoms with van der Waals surface area (Å²) in [5.41, 5.74) is 1.38. The summed E-state index contributed by atoms with van der Waals surface area (Å²) in [6.45, 7) is -0.550. The number of rotatable bonds is 5. The summed E-state index contributed by atoms with van der Waals surface area (Å²) in [4.78, 5) is 0. The largest absolute Gasteiger partial charge is 0.394 e. The normalized spacial score (nSPS) is 29.2. The molecule has 0 bridgehead atoms. The Bertz CT molecular complexity index is 911. The molecule has 1 saturated heterocycles. The van der Waals surface area contributed by atoms with Gasteiger partial charge in [-0.25, -0.2) is 8.78 Å². The Morgan fingerprint density at radius 1 is 0.933 bits per heavy atom. The lowest BCUT2D eigenvalue weighted by molar-refractivity contribution is -0.231. The Morgan fingerprint density at radius 3 is 2.20 bits per heavy atom. The molecular weight excluding hydrogens is 418 g/mol. The zero-order chi connectivity index (χ0) is 21.6. The highest BCUT2D eigenvalue weighted by molar-refractivity contribution is 6.31. The Morgan fingerprint density at radius 2 is 1.60 bits per heavy atom. The highest BCUT2D eigenvalue weighted by Gasteiger charge is 2.44. The third kappa shape index (κ3) is 4.10. The van der Waals surface area contributed by atoms with E-state index in [1.165, 1.54) is 18.2 Å². The molecule has 1 aliphatic heterocycles. The van der Waals surface area contributed by atoms with Crippen LogP contribution in [0.3, 0.4) is 0 Å². The first-order chi connectivity index (χ1) is 14.3. The van der Waals surface area contributed by atoms with Crippen molar-refractivity contribution in [2.75, 3.05) is 6.61 Å². The predicted molar refractivity (Wildman–Crippen MR) is 105 cm³/mol. The molecule has 5 nitrogen and oxygen atoms in total. The maximum Gasteiger partial charge on any atom is 0.129 e. The number of ether oxygens (including phenoxy) is 1. The number of benzene rings is 2. The molecule has 0 radical (unpaired) electrons. The van der Waals surface area contributed by atoms with Gasteiger partial charge in [0.2, 0.25) is 0 Å². The average Bonchev–Trinajstić information content (AvgIpc) is 3.56. The summed E-state index contributed by atoms with van der Waals surface area (Å²) >= 11 is 6.25. The molecule has 2 fully saturated rings. The third-order valence-corrected chi connectivity index (χ3v) is 6.24. The number of halogens is 3. The van der Waals surface area contributed by atoms with E-state index in [9.17, 15) is 29.2 Å². The molecule has 2 aromatic rings. The molecule has 1 aliphatic carbocycles. The Labute approximate surface area is 177 Å². The van der Waals surface area contributed by atoms with Crippen LogP contribution in [0, 0.1) is 11.6 Å². The summed E-state index contributed by atoms with van der Waals surface area (Å²) in [6.07, 6.45) is -4.79. The minimum atomic E-state index is -1.52. The van der Waals surface area contributed by atoms with E-state index in [2.05, 4.69) is 0 Å². The summed E-state index contributed by atoms with van der Waals surface area (Å²) < 4.78 is 34.7. The minimum Gasteiger partial charge on any atom is -0.394 e. The van der Waals surface area contributed by atoms with Crippen LogP contribution in [-0.4, -0.2) is 51.4 Å². The SMILES string of the molecule is OCC1O[C@@H](c2ccc(Cl)c(Cc3c(F)cc(C4CC4)cc3F)c2)[C@H](O)C(O)[C@@H]1O. The molecule has 8 heteroatoms. The van der Waals surface area contributed by atoms with Crippen LogP contribution in [0.25, 0.3) is 0 Å². The van der Waals surface area contributed by atoms with Gasteiger partial charge >= 0.3 is 0 Å².